The van der Waals surface area contributed by atoms with E-state index in [1.54, 1.807) is 18.2 Å². The molecule has 0 saturated heterocycles. The Morgan fingerprint density at radius 1 is 1.33 bits per heavy atom. The highest BCUT2D eigenvalue weighted by atomic mass is 16.5. The topological polar surface area (TPSA) is 81.8 Å². The van der Waals surface area contributed by atoms with Crippen LogP contribution in [0.3, 0.4) is 0 Å². The molecule has 1 N–H and O–H groups in total. The summed E-state index contributed by atoms with van der Waals surface area (Å²) in [6, 6.07) is 5.26. The van der Waals surface area contributed by atoms with Crippen LogP contribution >= 0.6 is 0 Å². The van der Waals surface area contributed by atoms with Crippen LogP contribution in [0.25, 0.3) is 11.5 Å². The van der Waals surface area contributed by atoms with Crippen LogP contribution in [0.5, 0.6) is 11.5 Å². The minimum atomic E-state index is -1.13. The van der Waals surface area contributed by atoms with Crippen LogP contribution in [0.4, 0.5) is 0 Å². The molecule has 0 atom stereocenters. The molecular formula is C15H17NO5. The van der Waals surface area contributed by atoms with Gasteiger partial charge in [0.15, 0.2) is 11.5 Å². The number of aromatic nitrogens is 1. The third-order valence-corrected chi connectivity index (χ3v) is 3.01. The summed E-state index contributed by atoms with van der Waals surface area (Å²) in [6.07, 6.45) is 1.32. The molecule has 0 spiro atoms. The van der Waals surface area contributed by atoms with E-state index in [0.717, 1.165) is 6.42 Å². The predicted octanol–water partition coefficient (Wildman–Crippen LogP) is 3.01. The molecule has 0 aliphatic rings. The van der Waals surface area contributed by atoms with E-state index >= 15 is 0 Å². The van der Waals surface area contributed by atoms with Crippen molar-refractivity contribution in [2.75, 3.05) is 14.2 Å². The number of aryl methyl sites for hydroxylation is 1. The van der Waals surface area contributed by atoms with Gasteiger partial charge in [0, 0.05) is 0 Å². The van der Waals surface area contributed by atoms with E-state index in [4.69, 9.17) is 13.9 Å². The lowest BCUT2D eigenvalue weighted by molar-refractivity contribution is 0.0661. The third-order valence-electron chi connectivity index (χ3n) is 3.01. The van der Waals surface area contributed by atoms with Crippen molar-refractivity contribution in [2.24, 2.45) is 0 Å². The van der Waals surface area contributed by atoms with Crippen LogP contribution in [0.15, 0.2) is 22.6 Å². The standard InChI is InChI=1S/C15H17NO5/c1-4-6-10-13(15(17)18)21-14(16-10)9-7-5-8-11(19-2)12(9)20-3/h5,7-8H,4,6H2,1-3H3,(H,17,18). The van der Waals surface area contributed by atoms with Crippen molar-refractivity contribution < 1.29 is 23.8 Å². The van der Waals surface area contributed by atoms with E-state index in [2.05, 4.69) is 4.98 Å². The van der Waals surface area contributed by atoms with Gasteiger partial charge in [0.25, 0.3) is 0 Å². The van der Waals surface area contributed by atoms with Crippen molar-refractivity contribution >= 4 is 5.97 Å². The molecule has 112 valence electrons. The summed E-state index contributed by atoms with van der Waals surface area (Å²) in [5, 5.41) is 9.19. The van der Waals surface area contributed by atoms with Gasteiger partial charge in [-0.3, -0.25) is 0 Å². The quantitative estimate of drug-likeness (QED) is 0.881. The highest BCUT2D eigenvalue weighted by Crippen LogP contribution is 2.38. The molecule has 1 heterocycles. The number of carbonyl (C=O) groups is 1. The lowest BCUT2D eigenvalue weighted by Crippen LogP contribution is -1.99. The first-order chi connectivity index (χ1) is 10.1. The molecule has 6 nitrogen and oxygen atoms in total. The van der Waals surface area contributed by atoms with E-state index < -0.39 is 5.97 Å². The van der Waals surface area contributed by atoms with Crippen LogP contribution in [0.2, 0.25) is 0 Å². The summed E-state index contributed by atoms with van der Waals surface area (Å²) in [4.78, 5) is 15.5. The Bertz CT molecular complexity index is 648. The molecule has 0 aliphatic carbocycles. The number of oxazole rings is 1. The number of nitrogens with zero attached hydrogens (tertiary/aromatic N) is 1. The molecule has 2 rings (SSSR count). The SMILES string of the molecule is CCCc1nc(-c2cccc(OC)c2OC)oc1C(=O)O. The molecular weight excluding hydrogens is 274 g/mol. The van der Waals surface area contributed by atoms with Crippen LogP contribution in [0.1, 0.15) is 29.6 Å². The van der Waals surface area contributed by atoms with Gasteiger partial charge in [0.2, 0.25) is 11.7 Å². The van der Waals surface area contributed by atoms with Gasteiger partial charge in [-0.25, -0.2) is 9.78 Å². The van der Waals surface area contributed by atoms with Gasteiger partial charge in [-0.05, 0) is 18.6 Å². The molecule has 1 aromatic heterocycles. The number of benzene rings is 1. The molecule has 0 fully saturated rings. The number of ether oxygens (including phenoxy) is 2. The second-order valence-electron chi connectivity index (χ2n) is 4.39. The Morgan fingerprint density at radius 3 is 2.67 bits per heavy atom. The molecule has 0 saturated carbocycles. The summed E-state index contributed by atoms with van der Waals surface area (Å²) in [6.45, 7) is 1.95. The molecule has 0 radical (unpaired) electrons. The first-order valence-corrected chi connectivity index (χ1v) is 6.56. The molecule has 0 aliphatic heterocycles. The van der Waals surface area contributed by atoms with E-state index in [1.165, 1.54) is 14.2 Å². The van der Waals surface area contributed by atoms with E-state index in [9.17, 15) is 9.90 Å². The fraction of sp³-hybridized carbons (Fsp3) is 0.333. The third kappa shape index (κ3) is 2.84. The summed E-state index contributed by atoms with van der Waals surface area (Å²) >= 11 is 0. The maximum Gasteiger partial charge on any atom is 0.373 e. The number of aromatic carboxylic acids is 1. The lowest BCUT2D eigenvalue weighted by Gasteiger charge is -2.09. The summed E-state index contributed by atoms with van der Waals surface area (Å²) in [5.74, 6) is -0.0502. The van der Waals surface area contributed by atoms with E-state index in [0.29, 0.717) is 29.2 Å². The fourth-order valence-corrected chi connectivity index (χ4v) is 2.10. The zero-order valence-corrected chi connectivity index (χ0v) is 12.2. The Kier molecular flexibility index (Phi) is 4.47. The van der Waals surface area contributed by atoms with E-state index in [-0.39, 0.29) is 11.7 Å². The number of rotatable bonds is 6. The van der Waals surface area contributed by atoms with Gasteiger partial charge in [0.1, 0.15) is 0 Å². The fourth-order valence-electron chi connectivity index (χ4n) is 2.10. The molecule has 2 aromatic rings. The molecule has 0 amide bonds. The maximum atomic E-state index is 11.2. The minimum Gasteiger partial charge on any atom is -0.493 e. The van der Waals surface area contributed by atoms with Crippen LogP contribution < -0.4 is 9.47 Å². The monoisotopic (exact) mass is 291 g/mol. The Hall–Kier alpha value is -2.50. The molecule has 1 aromatic carbocycles. The first kappa shape index (κ1) is 14.9. The van der Waals surface area contributed by atoms with Crippen LogP contribution in [-0.2, 0) is 6.42 Å². The Morgan fingerprint density at radius 2 is 2.10 bits per heavy atom. The average molecular weight is 291 g/mol. The number of para-hydroxylation sites is 1. The molecule has 6 heteroatoms. The maximum absolute atomic E-state index is 11.2. The van der Waals surface area contributed by atoms with E-state index in [1.807, 2.05) is 6.92 Å². The Labute approximate surface area is 122 Å². The molecule has 0 unspecified atom stereocenters. The lowest BCUT2D eigenvalue weighted by atomic mass is 10.2. The van der Waals surface area contributed by atoms with Crippen LogP contribution in [0, 0.1) is 0 Å². The Balaban J connectivity index is 2.57. The van der Waals surface area contributed by atoms with Crippen molar-refractivity contribution in [3.8, 4) is 23.0 Å². The van der Waals surface area contributed by atoms with Gasteiger partial charge in [-0.15, -0.1) is 0 Å². The number of carboxylic acids is 1. The zero-order chi connectivity index (χ0) is 15.4. The zero-order valence-electron chi connectivity index (χ0n) is 12.2. The summed E-state index contributed by atoms with van der Waals surface area (Å²) < 4.78 is 15.9. The first-order valence-electron chi connectivity index (χ1n) is 6.56. The normalized spacial score (nSPS) is 10.4. The number of methoxy groups -OCH3 is 2. The number of hydrogen-bond donors (Lipinski definition) is 1. The number of carboxylic acid groups (broad SMARTS) is 1. The van der Waals surface area contributed by atoms with Gasteiger partial charge in [-0.1, -0.05) is 19.4 Å². The van der Waals surface area contributed by atoms with Crippen molar-refractivity contribution in [3.05, 3.63) is 29.7 Å². The second kappa shape index (κ2) is 6.30. The summed E-state index contributed by atoms with van der Waals surface area (Å²) in [5.41, 5.74) is 0.992. The van der Waals surface area contributed by atoms with Gasteiger partial charge in [-0.2, -0.15) is 0 Å². The van der Waals surface area contributed by atoms with Crippen molar-refractivity contribution in [2.45, 2.75) is 19.8 Å². The largest absolute Gasteiger partial charge is 0.493 e. The van der Waals surface area contributed by atoms with Crippen molar-refractivity contribution in [3.63, 3.8) is 0 Å². The highest BCUT2D eigenvalue weighted by molar-refractivity contribution is 5.86. The van der Waals surface area contributed by atoms with Gasteiger partial charge in [0.05, 0.1) is 25.5 Å². The predicted molar refractivity (Wildman–Crippen MR) is 76.0 cm³/mol. The molecule has 21 heavy (non-hydrogen) atoms. The molecule has 0 bridgehead atoms. The summed E-state index contributed by atoms with van der Waals surface area (Å²) in [7, 11) is 3.04. The number of hydrogen-bond acceptors (Lipinski definition) is 5. The van der Waals surface area contributed by atoms with Crippen molar-refractivity contribution in [1.29, 1.82) is 0 Å². The van der Waals surface area contributed by atoms with Crippen molar-refractivity contribution in [1.82, 2.24) is 4.98 Å². The average Bonchev–Trinajstić information content (AvgIpc) is 2.90. The smallest absolute Gasteiger partial charge is 0.373 e. The van der Waals surface area contributed by atoms with Gasteiger partial charge < -0.3 is 19.0 Å². The minimum absolute atomic E-state index is 0.128. The van der Waals surface area contributed by atoms with Gasteiger partial charge >= 0.3 is 5.97 Å². The van der Waals surface area contributed by atoms with Crippen LogP contribution in [-0.4, -0.2) is 30.3 Å². The second-order valence-corrected chi connectivity index (χ2v) is 4.39. The highest BCUT2D eigenvalue weighted by Gasteiger charge is 2.22.